The van der Waals surface area contributed by atoms with E-state index in [4.69, 9.17) is 5.11 Å². The van der Waals surface area contributed by atoms with Gasteiger partial charge in [0.25, 0.3) is 0 Å². The molecular formula is C25H23F2N7O3. The van der Waals surface area contributed by atoms with Gasteiger partial charge in [-0.25, -0.2) is 28.5 Å². The van der Waals surface area contributed by atoms with E-state index in [2.05, 4.69) is 25.3 Å². The highest BCUT2D eigenvalue weighted by Crippen LogP contribution is 2.31. The predicted octanol–water partition coefficient (Wildman–Crippen LogP) is 3.96. The number of halogens is 2. The van der Waals surface area contributed by atoms with Gasteiger partial charge in [-0.2, -0.15) is 0 Å². The number of aromatic nitrogens is 4. The fourth-order valence-electron chi connectivity index (χ4n) is 4.28. The van der Waals surface area contributed by atoms with Gasteiger partial charge in [-0.05, 0) is 42.8 Å². The molecule has 0 bridgehead atoms. The van der Waals surface area contributed by atoms with Crippen molar-refractivity contribution in [2.24, 2.45) is 0 Å². The zero-order valence-corrected chi connectivity index (χ0v) is 19.8. The molecule has 1 amide bonds. The molecule has 1 atom stereocenters. The number of pyridine rings is 2. The normalized spacial score (nSPS) is 14.6. The van der Waals surface area contributed by atoms with Crippen LogP contribution in [0.5, 0.6) is 0 Å². The summed E-state index contributed by atoms with van der Waals surface area (Å²) in [5, 5.41) is 22.5. The average Bonchev–Trinajstić information content (AvgIpc) is 2.90. The largest absolute Gasteiger partial charge is 0.465 e. The Balaban J connectivity index is 1.38. The van der Waals surface area contributed by atoms with Gasteiger partial charge in [0.2, 0.25) is 5.95 Å². The van der Waals surface area contributed by atoms with Crippen molar-refractivity contribution in [3.05, 3.63) is 66.1 Å². The lowest BCUT2D eigenvalue weighted by molar-refractivity contribution is 0.142. The lowest BCUT2D eigenvalue weighted by Crippen LogP contribution is -2.48. The molecule has 37 heavy (non-hydrogen) atoms. The van der Waals surface area contributed by atoms with Crippen molar-refractivity contribution in [3.63, 3.8) is 0 Å². The Kier molecular flexibility index (Phi) is 6.49. The molecule has 4 aromatic rings. The summed E-state index contributed by atoms with van der Waals surface area (Å²) in [5.41, 5.74) is 1.43. The molecule has 1 aliphatic heterocycles. The maximum atomic E-state index is 14.8. The number of nitrogens with one attached hydrogen (secondary N) is 1. The summed E-state index contributed by atoms with van der Waals surface area (Å²) in [4.78, 5) is 31.1. The summed E-state index contributed by atoms with van der Waals surface area (Å²) in [5.74, 6) is -0.926. The van der Waals surface area contributed by atoms with E-state index in [0.717, 1.165) is 18.0 Å². The number of hydrogen-bond donors (Lipinski definition) is 3. The first-order valence-corrected chi connectivity index (χ1v) is 11.5. The topological polar surface area (TPSA) is 128 Å². The minimum Gasteiger partial charge on any atom is -0.465 e. The Bertz CT molecular complexity index is 1460. The number of aliphatic hydroxyl groups is 1. The Morgan fingerprint density at radius 3 is 2.49 bits per heavy atom. The highest BCUT2D eigenvalue weighted by atomic mass is 19.1. The first-order chi connectivity index (χ1) is 17.8. The van der Waals surface area contributed by atoms with Crippen LogP contribution < -0.4 is 10.2 Å². The second-order valence-corrected chi connectivity index (χ2v) is 8.60. The SMILES string of the molecule is CC(O)c1ccnc2c(F)cc(-c3nc(Nc4ccc(N5CCN(C(=O)O)CC5)cn4)ncc3F)cc12. The van der Waals surface area contributed by atoms with Gasteiger partial charge in [0.05, 0.1) is 24.2 Å². The fourth-order valence-corrected chi connectivity index (χ4v) is 4.28. The number of piperazine rings is 1. The smallest absolute Gasteiger partial charge is 0.407 e. The van der Waals surface area contributed by atoms with E-state index in [-0.39, 0.29) is 22.7 Å². The van der Waals surface area contributed by atoms with Crippen molar-refractivity contribution in [2.45, 2.75) is 13.0 Å². The summed E-state index contributed by atoms with van der Waals surface area (Å²) < 4.78 is 29.6. The van der Waals surface area contributed by atoms with E-state index in [1.165, 1.54) is 11.1 Å². The standard InChI is InChI=1S/C25H23F2N7O3/c1-14(35)17-4-5-28-23-18(17)10-15(11-19(23)26)22-20(27)13-30-24(32-22)31-21-3-2-16(12-29-21)33-6-8-34(9-7-33)25(36)37/h2-5,10-14,35H,6-9H2,1H3,(H,36,37)(H,29,30,31,32). The lowest BCUT2D eigenvalue weighted by Gasteiger charge is -2.34. The summed E-state index contributed by atoms with van der Waals surface area (Å²) in [6, 6.07) is 7.81. The minimum absolute atomic E-state index is 0.0640. The highest BCUT2D eigenvalue weighted by Gasteiger charge is 2.21. The first kappa shape index (κ1) is 24.3. The van der Waals surface area contributed by atoms with Gasteiger partial charge in [0, 0.05) is 43.3 Å². The molecule has 1 aromatic carbocycles. The number of anilines is 3. The number of fused-ring (bicyclic) bond motifs is 1. The molecule has 190 valence electrons. The van der Waals surface area contributed by atoms with E-state index in [1.54, 1.807) is 31.3 Å². The Morgan fingerprint density at radius 2 is 1.81 bits per heavy atom. The third-order valence-electron chi connectivity index (χ3n) is 6.20. The molecule has 1 unspecified atom stereocenters. The zero-order chi connectivity index (χ0) is 26.1. The number of aliphatic hydroxyl groups excluding tert-OH is 1. The third-order valence-corrected chi connectivity index (χ3v) is 6.20. The summed E-state index contributed by atoms with van der Waals surface area (Å²) in [6.45, 7) is 3.48. The first-order valence-electron chi connectivity index (χ1n) is 11.5. The van der Waals surface area contributed by atoms with Crippen LogP contribution in [-0.2, 0) is 0 Å². The maximum Gasteiger partial charge on any atom is 0.407 e. The number of hydrogen-bond acceptors (Lipinski definition) is 8. The van der Waals surface area contributed by atoms with Crippen LogP contribution in [0, 0.1) is 11.6 Å². The molecule has 0 saturated carbocycles. The molecule has 4 heterocycles. The van der Waals surface area contributed by atoms with Gasteiger partial charge in [-0.15, -0.1) is 0 Å². The second kappa shape index (κ2) is 9.90. The van der Waals surface area contributed by atoms with Crippen LogP contribution in [0.1, 0.15) is 18.6 Å². The summed E-state index contributed by atoms with van der Waals surface area (Å²) in [7, 11) is 0. The number of nitrogens with zero attached hydrogens (tertiary/aromatic N) is 6. The van der Waals surface area contributed by atoms with E-state index in [1.807, 2.05) is 11.0 Å². The molecule has 1 aliphatic rings. The number of amides is 1. The minimum atomic E-state index is -0.928. The molecular weight excluding hydrogens is 484 g/mol. The van der Waals surface area contributed by atoms with Crippen LogP contribution in [0.15, 0.2) is 48.9 Å². The summed E-state index contributed by atoms with van der Waals surface area (Å²) in [6.07, 6.45) is 2.24. The van der Waals surface area contributed by atoms with Gasteiger partial charge in [0.15, 0.2) is 5.82 Å². The molecule has 1 saturated heterocycles. The monoisotopic (exact) mass is 507 g/mol. The average molecular weight is 508 g/mol. The molecule has 1 fully saturated rings. The lowest BCUT2D eigenvalue weighted by atomic mass is 10.0. The van der Waals surface area contributed by atoms with Crippen LogP contribution in [-0.4, -0.2) is 67.3 Å². The van der Waals surface area contributed by atoms with Crippen molar-refractivity contribution in [3.8, 4) is 11.3 Å². The zero-order valence-electron chi connectivity index (χ0n) is 19.8. The van der Waals surface area contributed by atoms with Crippen molar-refractivity contribution in [1.29, 1.82) is 0 Å². The second-order valence-electron chi connectivity index (χ2n) is 8.60. The molecule has 5 rings (SSSR count). The van der Waals surface area contributed by atoms with E-state index in [0.29, 0.717) is 42.9 Å². The van der Waals surface area contributed by atoms with Gasteiger partial charge in [-0.1, -0.05) is 0 Å². The van der Waals surface area contributed by atoms with E-state index < -0.39 is 23.8 Å². The maximum absolute atomic E-state index is 14.8. The van der Waals surface area contributed by atoms with Crippen molar-refractivity contribution in [1.82, 2.24) is 24.8 Å². The quantitative estimate of drug-likeness (QED) is 0.368. The molecule has 12 heteroatoms. The van der Waals surface area contributed by atoms with Crippen molar-refractivity contribution < 1.29 is 23.8 Å². The van der Waals surface area contributed by atoms with E-state index >= 15 is 0 Å². The molecule has 3 N–H and O–H groups in total. The van der Waals surface area contributed by atoms with Crippen LogP contribution in [0.2, 0.25) is 0 Å². The Hall–Kier alpha value is -4.45. The molecule has 3 aromatic heterocycles. The van der Waals surface area contributed by atoms with Crippen molar-refractivity contribution in [2.75, 3.05) is 36.4 Å². The van der Waals surface area contributed by atoms with Gasteiger partial charge in [0.1, 0.15) is 22.8 Å². The highest BCUT2D eigenvalue weighted by molar-refractivity contribution is 5.87. The van der Waals surface area contributed by atoms with Crippen molar-refractivity contribution >= 4 is 34.4 Å². The molecule has 0 radical (unpaired) electrons. The number of rotatable bonds is 5. The number of carbonyl (C=O) groups is 1. The third kappa shape index (κ3) is 4.96. The molecule has 0 aliphatic carbocycles. The van der Waals surface area contributed by atoms with Gasteiger partial charge < -0.3 is 25.3 Å². The predicted molar refractivity (Wildman–Crippen MR) is 133 cm³/mol. The van der Waals surface area contributed by atoms with Gasteiger partial charge >= 0.3 is 6.09 Å². The Morgan fingerprint density at radius 1 is 1.03 bits per heavy atom. The molecule has 10 nitrogen and oxygen atoms in total. The Labute approximate surface area is 210 Å². The summed E-state index contributed by atoms with van der Waals surface area (Å²) >= 11 is 0. The van der Waals surface area contributed by atoms with Crippen LogP contribution in [0.4, 0.5) is 31.0 Å². The van der Waals surface area contributed by atoms with Crippen LogP contribution >= 0.6 is 0 Å². The van der Waals surface area contributed by atoms with Crippen LogP contribution in [0.3, 0.4) is 0 Å². The number of benzene rings is 1. The van der Waals surface area contributed by atoms with Crippen LogP contribution in [0.25, 0.3) is 22.2 Å². The van der Waals surface area contributed by atoms with Gasteiger partial charge in [-0.3, -0.25) is 4.98 Å². The van der Waals surface area contributed by atoms with E-state index in [9.17, 15) is 18.7 Å². The molecule has 0 spiro atoms. The number of carboxylic acid groups (broad SMARTS) is 1. The fraction of sp³-hybridized carbons (Fsp3) is 0.240.